The minimum absolute atomic E-state index is 0.130. The number of hydrogen-bond donors (Lipinski definition) is 1. The molecule has 0 atom stereocenters. The molecule has 0 aliphatic rings. The topological polar surface area (TPSA) is 63.3 Å². The van der Waals surface area contributed by atoms with Gasteiger partial charge in [-0.3, -0.25) is 0 Å². The molecule has 1 N–H and O–H groups in total. The average Bonchev–Trinajstić information content (AvgIpc) is 3.29. The molecule has 3 aromatic rings. The van der Waals surface area contributed by atoms with E-state index < -0.39 is 0 Å². The third kappa shape index (κ3) is 4.33. The fourth-order valence-corrected chi connectivity index (χ4v) is 2.83. The van der Waals surface area contributed by atoms with E-state index >= 15 is 0 Å². The second-order valence-electron chi connectivity index (χ2n) is 6.17. The maximum atomic E-state index is 12.5. The fraction of sp³-hybridized carbons (Fsp3) is 0.300. The number of imidazole rings is 1. The lowest BCUT2D eigenvalue weighted by molar-refractivity contribution is 0.185. The van der Waals surface area contributed by atoms with Crippen molar-refractivity contribution in [3.8, 4) is 0 Å². The molecular weight excluding hydrogens is 328 g/mol. The number of amides is 2. The van der Waals surface area contributed by atoms with E-state index in [1.807, 2.05) is 37.4 Å². The van der Waals surface area contributed by atoms with Crippen LogP contribution in [0.1, 0.15) is 29.6 Å². The van der Waals surface area contributed by atoms with Gasteiger partial charge in [-0.1, -0.05) is 24.3 Å². The Morgan fingerprint density at radius 3 is 2.81 bits per heavy atom. The number of furan rings is 1. The van der Waals surface area contributed by atoms with Gasteiger partial charge >= 0.3 is 6.03 Å². The summed E-state index contributed by atoms with van der Waals surface area (Å²) in [5.41, 5.74) is 2.48. The van der Waals surface area contributed by atoms with Gasteiger partial charge in [-0.15, -0.1) is 0 Å². The Bertz CT molecular complexity index is 839. The normalized spacial score (nSPS) is 10.7. The van der Waals surface area contributed by atoms with Crippen molar-refractivity contribution in [3.63, 3.8) is 0 Å². The number of aromatic nitrogens is 2. The van der Waals surface area contributed by atoms with Gasteiger partial charge in [0.05, 0.1) is 19.4 Å². The van der Waals surface area contributed by atoms with E-state index in [1.54, 1.807) is 17.4 Å². The Labute approximate surface area is 153 Å². The second-order valence-corrected chi connectivity index (χ2v) is 6.17. The highest BCUT2D eigenvalue weighted by atomic mass is 16.3. The van der Waals surface area contributed by atoms with Crippen LogP contribution in [0.2, 0.25) is 0 Å². The number of hydrogen-bond acceptors (Lipinski definition) is 3. The van der Waals surface area contributed by atoms with Crippen molar-refractivity contribution in [2.45, 2.75) is 33.5 Å². The number of rotatable bonds is 7. The van der Waals surface area contributed by atoms with E-state index in [9.17, 15) is 4.79 Å². The summed E-state index contributed by atoms with van der Waals surface area (Å²) < 4.78 is 7.48. The molecule has 0 unspecified atom stereocenters. The van der Waals surface area contributed by atoms with Crippen molar-refractivity contribution in [1.82, 2.24) is 19.8 Å². The number of nitrogens with one attached hydrogen (secondary N) is 1. The minimum Gasteiger partial charge on any atom is -0.467 e. The first-order valence-electron chi connectivity index (χ1n) is 8.77. The zero-order chi connectivity index (χ0) is 18.4. The van der Waals surface area contributed by atoms with E-state index in [-0.39, 0.29) is 6.03 Å². The molecule has 2 amide bonds. The third-order valence-electron chi connectivity index (χ3n) is 4.28. The summed E-state index contributed by atoms with van der Waals surface area (Å²) in [5.74, 6) is 1.58. The Morgan fingerprint density at radius 1 is 1.23 bits per heavy atom. The Kier molecular flexibility index (Phi) is 5.73. The number of carbonyl (C=O) groups excluding carboxylic acids is 1. The van der Waals surface area contributed by atoms with Crippen LogP contribution in [0.4, 0.5) is 4.79 Å². The second kappa shape index (κ2) is 8.38. The Morgan fingerprint density at radius 2 is 2.08 bits per heavy atom. The number of urea groups is 1. The lowest BCUT2D eigenvalue weighted by Crippen LogP contribution is -2.39. The van der Waals surface area contributed by atoms with Crippen molar-refractivity contribution in [3.05, 3.63) is 77.8 Å². The van der Waals surface area contributed by atoms with Gasteiger partial charge in [0.2, 0.25) is 0 Å². The highest BCUT2D eigenvalue weighted by Gasteiger charge is 2.18. The monoisotopic (exact) mass is 352 g/mol. The van der Waals surface area contributed by atoms with E-state index in [2.05, 4.69) is 33.9 Å². The maximum absolute atomic E-state index is 12.5. The van der Waals surface area contributed by atoms with Gasteiger partial charge in [-0.2, -0.15) is 0 Å². The smallest absolute Gasteiger partial charge is 0.318 e. The Balaban J connectivity index is 1.77. The summed E-state index contributed by atoms with van der Waals surface area (Å²) in [7, 11) is 0. The van der Waals surface area contributed by atoms with Crippen LogP contribution in [0.5, 0.6) is 0 Å². The minimum atomic E-state index is -0.130. The first-order chi connectivity index (χ1) is 12.7. The predicted octanol–water partition coefficient (Wildman–Crippen LogP) is 3.56. The lowest BCUT2D eigenvalue weighted by Gasteiger charge is -2.22. The van der Waals surface area contributed by atoms with E-state index in [0.717, 1.165) is 18.1 Å². The zero-order valence-electron chi connectivity index (χ0n) is 15.2. The van der Waals surface area contributed by atoms with Crippen molar-refractivity contribution in [1.29, 1.82) is 0 Å². The van der Waals surface area contributed by atoms with Gasteiger partial charge in [0, 0.05) is 25.5 Å². The van der Waals surface area contributed by atoms with E-state index in [1.165, 1.54) is 11.1 Å². The van der Waals surface area contributed by atoms with Gasteiger partial charge < -0.3 is 19.2 Å². The quantitative estimate of drug-likeness (QED) is 0.707. The molecule has 0 bridgehead atoms. The molecule has 6 nitrogen and oxygen atoms in total. The average molecular weight is 352 g/mol. The summed E-state index contributed by atoms with van der Waals surface area (Å²) >= 11 is 0. The number of nitrogens with zero attached hydrogens (tertiary/aromatic N) is 3. The van der Waals surface area contributed by atoms with E-state index in [4.69, 9.17) is 4.42 Å². The van der Waals surface area contributed by atoms with Crippen LogP contribution < -0.4 is 5.32 Å². The molecule has 0 aliphatic heterocycles. The van der Waals surface area contributed by atoms with Crippen LogP contribution in [0.25, 0.3) is 0 Å². The SMILES string of the molecule is CCNC(=O)N(Cc1ccco1)Cc1nccn1Cc1ccccc1C. The molecule has 0 spiro atoms. The summed E-state index contributed by atoms with van der Waals surface area (Å²) in [6.07, 6.45) is 5.34. The van der Waals surface area contributed by atoms with Crippen LogP contribution in [0.3, 0.4) is 0 Å². The largest absolute Gasteiger partial charge is 0.467 e. The van der Waals surface area contributed by atoms with Gasteiger partial charge in [0.15, 0.2) is 0 Å². The number of benzene rings is 1. The Hall–Kier alpha value is -3.02. The van der Waals surface area contributed by atoms with Crippen LogP contribution in [0, 0.1) is 6.92 Å². The molecule has 6 heteroatoms. The van der Waals surface area contributed by atoms with Gasteiger partial charge in [0.25, 0.3) is 0 Å². The molecule has 2 aromatic heterocycles. The molecule has 26 heavy (non-hydrogen) atoms. The predicted molar refractivity (Wildman–Crippen MR) is 99.5 cm³/mol. The van der Waals surface area contributed by atoms with Gasteiger partial charge in [-0.25, -0.2) is 9.78 Å². The first kappa shape index (κ1) is 17.8. The van der Waals surface area contributed by atoms with Crippen LogP contribution in [-0.2, 0) is 19.6 Å². The molecule has 0 radical (unpaired) electrons. The molecular formula is C20H24N4O2. The molecule has 2 heterocycles. The fourth-order valence-electron chi connectivity index (χ4n) is 2.83. The molecule has 0 aliphatic carbocycles. The van der Waals surface area contributed by atoms with E-state index in [0.29, 0.717) is 19.6 Å². The first-order valence-corrected chi connectivity index (χ1v) is 8.77. The van der Waals surface area contributed by atoms with Gasteiger partial charge in [0.1, 0.15) is 11.6 Å². The molecule has 0 saturated heterocycles. The van der Waals surface area contributed by atoms with Gasteiger partial charge in [-0.05, 0) is 37.1 Å². The molecule has 1 aromatic carbocycles. The maximum Gasteiger partial charge on any atom is 0.318 e. The number of carbonyl (C=O) groups is 1. The molecule has 3 rings (SSSR count). The van der Waals surface area contributed by atoms with Crippen LogP contribution in [-0.4, -0.2) is 27.0 Å². The number of aryl methyl sites for hydroxylation is 1. The van der Waals surface area contributed by atoms with Crippen LogP contribution in [0.15, 0.2) is 59.5 Å². The molecule has 0 fully saturated rings. The summed E-state index contributed by atoms with van der Waals surface area (Å²) in [5, 5.41) is 2.86. The highest BCUT2D eigenvalue weighted by Crippen LogP contribution is 2.14. The van der Waals surface area contributed by atoms with Crippen molar-refractivity contribution in [2.75, 3.05) is 6.54 Å². The molecule has 136 valence electrons. The van der Waals surface area contributed by atoms with Crippen molar-refractivity contribution >= 4 is 6.03 Å². The summed E-state index contributed by atoms with van der Waals surface area (Å²) in [6, 6.07) is 11.9. The highest BCUT2D eigenvalue weighted by molar-refractivity contribution is 5.73. The zero-order valence-corrected chi connectivity index (χ0v) is 15.2. The van der Waals surface area contributed by atoms with Crippen molar-refractivity contribution < 1.29 is 9.21 Å². The lowest BCUT2D eigenvalue weighted by atomic mass is 10.1. The summed E-state index contributed by atoms with van der Waals surface area (Å²) in [4.78, 5) is 18.6. The van der Waals surface area contributed by atoms with Crippen molar-refractivity contribution in [2.24, 2.45) is 0 Å². The third-order valence-corrected chi connectivity index (χ3v) is 4.28. The van der Waals surface area contributed by atoms with Crippen LogP contribution >= 0.6 is 0 Å². The summed E-state index contributed by atoms with van der Waals surface area (Å²) in [6.45, 7) is 6.12. The standard InChI is InChI=1S/C20H24N4O2/c1-3-21-20(25)24(14-18-9-6-12-26-18)15-19-22-10-11-23(19)13-17-8-5-4-7-16(17)2/h4-12H,3,13-15H2,1-2H3,(H,21,25). The molecule has 0 saturated carbocycles.